The zero-order valence-electron chi connectivity index (χ0n) is 13.3. The van der Waals surface area contributed by atoms with Crippen molar-refractivity contribution < 1.29 is 9.53 Å². The first-order valence-corrected chi connectivity index (χ1v) is 7.79. The lowest BCUT2D eigenvalue weighted by Gasteiger charge is -2.26. The van der Waals surface area contributed by atoms with Crippen LogP contribution in [0, 0.1) is 0 Å². The average molecular weight is 312 g/mol. The summed E-state index contributed by atoms with van der Waals surface area (Å²) in [6, 6.07) is 10.7. The molecule has 2 aromatic rings. The van der Waals surface area contributed by atoms with E-state index in [9.17, 15) is 9.59 Å². The van der Waals surface area contributed by atoms with Gasteiger partial charge in [0, 0.05) is 11.8 Å². The number of pyridine rings is 1. The van der Waals surface area contributed by atoms with Crippen LogP contribution in [0.4, 0.5) is 0 Å². The van der Waals surface area contributed by atoms with E-state index in [0.717, 1.165) is 17.7 Å². The summed E-state index contributed by atoms with van der Waals surface area (Å²) >= 11 is 0. The summed E-state index contributed by atoms with van der Waals surface area (Å²) < 4.78 is 5.70. The van der Waals surface area contributed by atoms with E-state index in [4.69, 9.17) is 4.74 Å². The predicted molar refractivity (Wildman–Crippen MR) is 88.0 cm³/mol. The number of carbonyl (C=O) groups is 1. The molecular weight excluding hydrogens is 292 g/mol. The molecule has 0 bridgehead atoms. The highest BCUT2D eigenvalue weighted by Gasteiger charge is 2.23. The minimum atomic E-state index is -0.194. The van der Waals surface area contributed by atoms with Crippen molar-refractivity contribution in [2.45, 2.75) is 32.2 Å². The van der Waals surface area contributed by atoms with Crippen LogP contribution >= 0.6 is 0 Å². The van der Waals surface area contributed by atoms with Crippen molar-refractivity contribution in [3.05, 3.63) is 63.6 Å². The number of aromatic nitrogens is 1. The molecule has 0 radical (unpaired) electrons. The van der Waals surface area contributed by atoms with Crippen molar-refractivity contribution in [3.8, 4) is 5.75 Å². The lowest BCUT2D eigenvalue weighted by Crippen LogP contribution is -2.43. The number of rotatable bonds is 3. The number of para-hydroxylation sites is 1. The Kier molecular flexibility index (Phi) is 4.19. The minimum Gasteiger partial charge on any atom is -0.491 e. The molecule has 3 rings (SSSR count). The Morgan fingerprint density at radius 2 is 2.04 bits per heavy atom. The van der Waals surface area contributed by atoms with Gasteiger partial charge in [0.2, 0.25) is 5.56 Å². The first kappa shape index (κ1) is 15.3. The zero-order valence-corrected chi connectivity index (χ0v) is 13.3. The molecule has 0 saturated carbocycles. The summed E-state index contributed by atoms with van der Waals surface area (Å²) in [5, 5.41) is 3.00. The summed E-state index contributed by atoms with van der Waals surface area (Å²) in [5.74, 6) is 0.760. The monoisotopic (exact) mass is 312 g/mol. The molecule has 1 unspecified atom stereocenters. The first-order valence-electron chi connectivity index (χ1n) is 7.79. The summed E-state index contributed by atoms with van der Waals surface area (Å²) in [6.45, 7) is 4.34. The Hall–Kier alpha value is -2.56. The normalized spacial score (nSPS) is 16.6. The molecule has 0 fully saturated rings. The molecule has 1 amide bonds. The third-order valence-electron chi connectivity index (χ3n) is 3.99. The second kappa shape index (κ2) is 6.28. The summed E-state index contributed by atoms with van der Waals surface area (Å²) in [7, 11) is 0. The predicted octanol–water partition coefficient (Wildman–Crippen LogP) is 2.23. The molecule has 1 aliphatic heterocycles. The molecule has 5 nitrogen and oxygen atoms in total. The van der Waals surface area contributed by atoms with E-state index in [1.807, 2.05) is 38.1 Å². The van der Waals surface area contributed by atoms with E-state index in [1.165, 1.54) is 6.07 Å². The standard InChI is InChI=1S/C18H20N2O3/c1-11(2)17-14(7-8-16(21)20-17)18(22)19-13-9-12-5-3-4-6-15(12)23-10-13/h3-8,11,13H,9-10H2,1-2H3,(H,19,22)(H,20,21). The average Bonchev–Trinajstić information content (AvgIpc) is 2.54. The topological polar surface area (TPSA) is 71.2 Å². The Balaban J connectivity index is 1.77. The highest BCUT2D eigenvalue weighted by molar-refractivity contribution is 5.95. The molecule has 23 heavy (non-hydrogen) atoms. The molecule has 2 heterocycles. The smallest absolute Gasteiger partial charge is 0.253 e. The molecule has 5 heteroatoms. The van der Waals surface area contributed by atoms with Crippen LogP contribution in [0.3, 0.4) is 0 Å². The van der Waals surface area contributed by atoms with Gasteiger partial charge in [0.15, 0.2) is 0 Å². The molecule has 0 aliphatic carbocycles. The third-order valence-corrected chi connectivity index (χ3v) is 3.99. The van der Waals surface area contributed by atoms with Crippen molar-refractivity contribution in [3.63, 3.8) is 0 Å². The van der Waals surface area contributed by atoms with Crippen LogP contribution in [0.25, 0.3) is 0 Å². The molecule has 1 aliphatic rings. The zero-order chi connectivity index (χ0) is 16.4. The minimum absolute atomic E-state index is 0.0629. The van der Waals surface area contributed by atoms with E-state index < -0.39 is 0 Å². The number of carbonyl (C=O) groups excluding carboxylic acids is 1. The SMILES string of the molecule is CC(C)c1[nH]c(=O)ccc1C(=O)NC1COc2ccccc2C1. The van der Waals surface area contributed by atoms with E-state index in [-0.39, 0.29) is 23.4 Å². The van der Waals surface area contributed by atoms with Gasteiger partial charge in [-0.1, -0.05) is 32.0 Å². The van der Waals surface area contributed by atoms with Crippen molar-refractivity contribution in [1.29, 1.82) is 0 Å². The number of aromatic amines is 1. The van der Waals surface area contributed by atoms with Crippen molar-refractivity contribution in [1.82, 2.24) is 10.3 Å². The van der Waals surface area contributed by atoms with Gasteiger partial charge in [-0.15, -0.1) is 0 Å². The number of H-pyrrole nitrogens is 1. The van der Waals surface area contributed by atoms with Crippen LogP contribution in [-0.4, -0.2) is 23.5 Å². The van der Waals surface area contributed by atoms with Crippen LogP contribution in [0.2, 0.25) is 0 Å². The second-order valence-electron chi connectivity index (χ2n) is 6.10. The summed E-state index contributed by atoms with van der Waals surface area (Å²) in [4.78, 5) is 26.8. The number of fused-ring (bicyclic) bond motifs is 1. The molecule has 120 valence electrons. The maximum Gasteiger partial charge on any atom is 0.253 e. The van der Waals surface area contributed by atoms with Gasteiger partial charge in [0.05, 0.1) is 11.6 Å². The Morgan fingerprint density at radius 3 is 2.83 bits per heavy atom. The quantitative estimate of drug-likeness (QED) is 0.913. The Bertz CT molecular complexity index is 780. The molecule has 2 N–H and O–H groups in total. The number of hydrogen-bond acceptors (Lipinski definition) is 3. The molecule has 1 aromatic carbocycles. The van der Waals surface area contributed by atoms with Gasteiger partial charge in [-0.25, -0.2) is 0 Å². The summed E-state index contributed by atoms with van der Waals surface area (Å²) in [6.07, 6.45) is 0.738. The lowest BCUT2D eigenvalue weighted by molar-refractivity contribution is 0.0913. The van der Waals surface area contributed by atoms with Gasteiger partial charge in [-0.2, -0.15) is 0 Å². The van der Waals surface area contributed by atoms with E-state index in [0.29, 0.717) is 17.9 Å². The summed E-state index contributed by atoms with van der Waals surface area (Å²) in [5.41, 5.74) is 2.07. The van der Waals surface area contributed by atoms with Gasteiger partial charge in [-0.3, -0.25) is 9.59 Å². The molecular formula is C18H20N2O3. The number of hydrogen-bond donors (Lipinski definition) is 2. The van der Waals surface area contributed by atoms with Gasteiger partial charge in [0.1, 0.15) is 12.4 Å². The molecule has 1 atom stereocenters. The van der Waals surface area contributed by atoms with Crippen LogP contribution in [-0.2, 0) is 6.42 Å². The van der Waals surface area contributed by atoms with Crippen molar-refractivity contribution in [2.24, 2.45) is 0 Å². The lowest BCUT2D eigenvalue weighted by atomic mass is 10.0. The number of nitrogens with one attached hydrogen (secondary N) is 2. The van der Waals surface area contributed by atoms with E-state index in [2.05, 4.69) is 10.3 Å². The van der Waals surface area contributed by atoms with Crippen molar-refractivity contribution in [2.75, 3.05) is 6.61 Å². The largest absolute Gasteiger partial charge is 0.491 e. The van der Waals surface area contributed by atoms with Crippen LogP contribution in [0.1, 0.15) is 41.4 Å². The Morgan fingerprint density at radius 1 is 1.26 bits per heavy atom. The second-order valence-corrected chi connectivity index (χ2v) is 6.10. The third kappa shape index (κ3) is 3.28. The van der Waals surface area contributed by atoms with Crippen LogP contribution in [0.5, 0.6) is 5.75 Å². The van der Waals surface area contributed by atoms with Gasteiger partial charge in [-0.05, 0) is 30.0 Å². The number of amides is 1. The maximum atomic E-state index is 12.6. The first-order chi connectivity index (χ1) is 11.0. The molecule has 1 aromatic heterocycles. The highest BCUT2D eigenvalue weighted by Crippen LogP contribution is 2.24. The van der Waals surface area contributed by atoms with Crippen molar-refractivity contribution >= 4 is 5.91 Å². The Labute approximate surface area is 134 Å². The fourth-order valence-corrected chi connectivity index (χ4v) is 2.83. The van der Waals surface area contributed by atoms with Crippen LogP contribution in [0.15, 0.2) is 41.2 Å². The van der Waals surface area contributed by atoms with E-state index >= 15 is 0 Å². The fraction of sp³-hybridized carbons (Fsp3) is 0.333. The van der Waals surface area contributed by atoms with Gasteiger partial charge >= 0.3 is 0 Å². The molecule has 0 spiro atoms. The highest BCUT2D eigenvalue weighted by atomic mass is 16.5. The fourth-order valence-electron chi connectivity index (χ4n) is 2.83. The van der Waals surface area contributed by atoms with Gasteiger partial charge < -0.3 is 15.0 Å². The van der Waals surface area contributed by atoms with Crippen LogP contribution < -0.4 is 15.6 Å². The number of ether oxygens (including phenoxy) is 1. The number of benzene rings is 1. The maximum absolute atomic E-state index is 12.6. The molecule has 0 saturated heterocycles. The van der Waals surface area contributed by atoms with E-state index in [1.54, 1.807) is 6.07 Å². The van der Waals surface area contributed by atoms with Gasteiger partial charge in [0.25, 0.3) is 5.91 Å².